The Balaban J connectivity index is 1.23. The number of likely N-dealkylation sites (N-methyl/N-ethyl adjacent to an activating group) is 1. The first-order valence-electron chi connectivity index (χ1n) is 14.3. The molecule has 0 saturated carbocycles. The number of imidazole rings is 1. The summed E-state index contributed by atoms with van der Waals surface area (Å²) in [6.07, 6.45) is 2.92. The van der Waals surface area contributed by atoms with Gasteiger partial charge in [-0.1, -0.05) is 0 Å². The lowest BCUT2D eigenvalue weighted by atomic mass is 9.90. The van der Waals surface area contributed by atoms with Gasteiger partial charge in [-0.15, -0.1) is 0 Å². The molecule has 218 valence electrons. The lowest BCUT2D eigenvalue weighted by Gasteiger charge is -2.41. The van der Waals surface area contributed by atoms with Gasteiger partial charge < -0.3 is 34.9 Å². The molecule has 3 fully saturated rings. The maximum Gasteiger partial charge on any atom is 0.233 e. The number of halogens is 1. The van der Waals surface area contributed by atoms with Gasteiger partial charge in [0.1, 0.15) is 5.82 Å². The Morgan fingerprint density at radius 2 is 1.76 bits per heavy atom. The molecule has 3 aliphatic heterocycles. The van der Waals surface area contributed by atoms with Gasteiger partial charge in [-0.3, -0.25) is 4.79 Å². The summed E-state index contributed by atoms with van der Waals surface area (Å²) < 4.78 is 26.0. The highest BCUT2D eigenvalue weighted by atomic mass is 19.1. The first-order chi connectivity index (χ1) is 19.9. The third-order valence-corrected chi connectivity index (χ3v) is 8.06. The van der Waals surface area contributed by atoms with E-state index in [0.717, 1.165) is 44.6 Å². The predicted molar refractivity (Wildman–Crippen MR) is 151 cm³/mol. The number of carbonyl (C=O) groups is 1. The van der Waals surface area contributed by atoms with Crippen molar-refractivity contribution in [2.24, 2.45) is 5.41 Å². The van der Waals surface area contributed by atoms with Crippen molar-refractivity contribution in [3.8, 4) is 22.6 Å². The highest BCUT2D eigenvalue weighted by Gasteiger charge is 2.43. The number of nitrogens with zero attached hydrogens (tertiary/aromatic N) is 5. The Bertz CT molecular complexity index is 1340. The average molecular weight is 565 g/mol. The molecule has 11 nitrogen and oxygen atoms in total. The van der Waals surface area contributed by atoms with Crippen LogP contribution in [-0.4, -0.2) is 101 Å². The Labute approximate surface area is 238 Å². The number of hydrogen-bond acceptors (Lipinski definition) is 9. The SMILES string of the molecule is CN1CCN(C(=O)C2(C)COC(c3nc(-c4ccc(F)cc4)c(-c4ccnc(NC5CCNCC5)n4)[nH]3)OC2)CC1. The number of aromatic amines is 1. The monoisotopic (exact) mass is 564 g/mol. The molecule has 0 bridgehead atoms. The van der Waals surface area contributed by atoms with Crippen LogP contribution in [-0.2, 0) is 14.3 Å². The first-order valence-corrected chi connectivity index (χ1v) is 14.3. The van der Waals surface area contributed by atoms with E-state index in [1.165, 1.54) is 12.1 Å². The van der Waals surface area contributed by atoms with E-state index in [0.29, 0.717) is 48.0 Å². The van der Waals surface area contributed by atoms with E-state index in [4.69, 9.17) is 19.4 Å². The average Bonchev–Trinajstić information content (AvgIpc) is 3.44. The van der Waals surface area contributed by atoms with Crippen LogP contribution in [0.15, 0.2) is 36.5 Å². The summed E-state index contributed by atoms with van der Waals surface area (Å²) in [6, 6.07) is 8.28. The molecule has 1 aromatic carbocycles. The minimum Gasteiger partial charge on any atom is -0.351 e. The largest absolute Gasteiger partial charge is 0.351 e. The number of nitrogens with one attached hydrogen (secondary N) is 3. The van der Waals surface area contributed by atoms with Crippen LogP contribution in [0.2, 0.25) is 0 Å². The fraction of sp³-hybridized carbons (Fsp3) is 0.517. The molecule has 3 N–H and O–H groups in total. The summed E-state index contributed by atoms with van der Waals surface area (Å²) in [5, 5.41) is 6.81. The predicted octanol–water partition coefficient (Wildman–Crippen LogP) is 2.66. The van der Waals surface area contributed by atoms with Crippen LogP contribution in [0.25, 0.3) is 22.6 Å². The van der Waals surface area contributed by atoms with Crippen LogP contribution in [0, 0.1) is 11.2 Å². The van der Waals surface area contributed by atoms with Crippen LogP contribution in [0.1, 0.15) is 31.9 Å². The molecule has 5 heterocycles. The molecule has 3 saturated heterocycles. The normalized spacial score (nSPS) is 24.4. The fourth-order valence-electron chi connectivity index (χ4n) is 5.50. The molecule has 0 aliphatic carbocycles. The van der Waals surface area contributed by atoms with Gasteiger partial charge in [-0.05, 0) is 70.2 Å². The molecule has 3 aliphatic rings. The van der Waals surface area contributed by atoms with Gasteiger partial charge in [0.25, 0.3) is 0 Å². The molecule has 6 rings (SSSR count). The van der Waals surface area contributed by atoms with E-state index in [2.05, 4.69) is 32.5 Å². The Kier molecular flexibility index (Phi) is 7.98. The highest BCUT2D eigenvalue weighted by Crippen LogP contribution is 2.36. The van der Waals surface area contributed by atoms with Crippen LogP contribution < -0.4 is 10.6 Å². The second kappa shape index (κ2) is 11.8. The molecule has 1 amide bonds. The molecular formula is C29H37FN8O3. The van der Waals surface area contributed by atoms with Gasteiger partial charge in [0.05, 0.1) is 35.7 Å². The number of rotatable bonds is 6. The first kappa shape index (κ1) is 27.7. The number of H-pyrrole nitrogens is 1. The number of anilines is 1. The second-order valence-electron chi connectivity index (χ2n) is 11.4. The van der Waals surface area contributed by atoms with Crippen LogP contribution in [0.5, 0.6) is 0 Å². The van der Waals surface area contributed by atoms with Crippen molar-refractivity contribution in [3.05, 3.63) is 48.2 Å². The van der Waals surface area contributed by atoms with Gasteiger partial charge >= 0.3 is 0 Å². The van der Waals surface area contributed by atoms with Crippen molar-refractivity contribution < 1.29 is 18.7 Å². The standard InChI is InChI=1S/C29H37FN8O3/c1-29(27(39)38-15-13-37(2)14-16-38)17-40-26(41-18-29)25-35-23(19-3-5-20(30)6-4-19)24(36-25)22-9-12-32-28(34-22)33-21-7-10-31-11-8-21/h3-6,9,12,21,26,31H,7-8,10-11,13-18H2,1-2H3,(H,35,36)(H,32,33,34). The molecule has 12 heteroatoms. The Hall–Kier alpha value is -3.45. The van der Waals surface area contributed by atoms with Gasteiger partial charge in [0.15, 0.2) is 5.82 Å². The number of benzene rings is 1. The third kappa shape index (κ3) is 6.10. The van der Waals surface area contributed by atoms with Crippen molar-refractivity contribution in [1.82, 2.24) is 35.1 Å². The number of ether oxygens (including phenoxy) is 2. The Morgan fingerprint density at radius 1 is 1.05 bits per heavy atom. The fourth-order valence-corrected chi connectivity index (χ4v) is 5.50. The summed E-state index contributed by atoms with van der Waals surface area (Å²) in [5.74, 6) is 0.717. The number of hydrogen-bond donors (Lipinski definition) is 3. The van der Waals surface area contributed by atoms with E-state index in [1.807, 2.05) is 17.9 Å². The number of carbonyl (C=O) groups excluding carboxylic acids is 1. The van der Waals surface area contributed by atoms with E-state index in [9.17, 15) is 9.18 Å². The quantitative estimate of drug-likeness (QED) is 0.415. The van der Waals surface area contributed by atoms with Gasteiger partial charge in [-0.25, -0.2) is 19.3 Å². The van der Waals surface area contributed by atoms with Gasteiger partial charge in [0.2, 0.25) is 18.1 Å². The minimum atomic E-state index is -0.787. The van der Waals surface area contributed by atoms with E-state index < -0.39 is 11.7 Å². The number of amides is 1. The summed E-state index contributed by atoms with van der Waals surface area (Å²) >= 11 is 0. The maximum atomic E-state index is 13.8. The molecule has 3 aromatic rings. The van der Waals surface area contributed by atoms with Crippen molar-refractivity contribution >= 4 is 11.9 Å². The Morgan fingerprint density at radius 3 is 2.46 bits per heavy atom. The lowest BCUT2D eigenvalue weighted by Crippen LogP contribution is -2.55. The molecule has 0 unspecified atom stereocenters. The van der Waals surface area contributed by atoms with Gasteiger partial charge in [0, 0.05) is 44.0 Å². The van der Waals surface area contributed by atoms with Crippen molar-refractivity contribution in [1.29, 1.82) is 0 Å². The smallest absolute Gasteiger partial charge is 0.233 e. The number of aromatic nitrogens is 4. The highest BCUT2D eigenvalue weighted by molar-refractivity contribution is 5.83. The third-order valence-electron chi connectivity index (χ3n) is 8.06. The molecule has 41 heavy (non-hydrogen) atoms. The zero-order valence-electron chi connectivity index (χ0n) is 23.5. The minimum absolute atomic E-state index is 0.0472. The lowest BCUT2D eigenvalue weighted by molar-refractivity contribution is -0.234. The van der Waals surface area contributed by atoms with Crippen molar-refractivity contribution in [3.63, 3.8) is 0 Å². The zero-order valence-corrected chi connectivity index (χ0v) is 23.5. The van der Waals surface area contributed by atoms with E-state index in [1.54, 1.807) is 18.3 Å². The molecule has 2 aromatic heterocycles. The molecular weight excluding hydrogens is 527 g/mol. The van der Waals surface area contributed by atoms with Crippen LogP contribution >= 0.6 is 0 Å². The van der Waals surface area contributed by atoms with Crippen molar-refractivity contribution in [2.45, 2.75) is 32.1 Å². The second-order valence-corrected chi connectivity index (χ2v) is 11.4. The summed E-state index contributed by atoms with van der Waals surface area (Å²) in [7, 11) is 2.06. The topological polar surface area (TPSA) is 121 Å². The van der Waals surface area contributed by atoms with Gasteiger partial charge in [-0.2, -0.15) is 0 Å². The summed E-state index contributed by atoms with van der Waals surface area (Å²) in [6.45, 7) is 7.32. The van der Waals surface area contributed by atoms with E-state index >= 15 is 0 Å². The molecule has 0 atom stereocenters. The molecule has 0 spiro atoms. The van der Waals surface area contributed by atoms with Crippen molar-refractivity contribution in [2.75, 3.05) is 64.8 Å². The zero-order chi connectivity index (χ0) is 28.4. The van der Waals surface area contributed by atoms with Crippen LogP contribution in [0.4, 0.5) is 10.3 Å². The summed E-state index contributed by atoms with van der Waals surface area (Å²) in [5.41, 5.74) is 1.84. The van der Waals surface area contributed by atoms with Crippen LogP contribution in [0.3, 0.4) is 0 Å². The summed E-state index contributed by atoms with van der Waals surface area (Å²) in [4.78, 5) is 34.8. The number of piperidine rings is 1. The maximum absolute atomic E-state index is 13.8. The molecule has 0 radical (unpaired) electrons. The number of piperazine rings is 1. The van der Waals surface area contributed by atoms with E-state index in [-0.39, 0.29) is 24.9 Å².